The first kappa shape index (κ1) is 19.0. The van der Waals surface area contributed by atoms with Crippen molar-refractivity contribution < 1.29 is 18.0 Å². The van der Waals surface area contributed by atoms with E-state index in [9.17, 15) is 18.0 Å². The maximum atomic E-state index is 12.6. The largest absolute Gasteiger partial charge is 0.417 e. The lowest BCUT2D eigenvalue weighted by Crippen LogP contribution is -2.27. The van der Waals surface area contributed by atoms with Gasteiger partial charge >= 0.3 is 6.18 Å². The monoisotopic (exact) mass is 396 g/mol. The van der Waals surface area contributed by atoms with Crippen molar-refractivity contribution in [1.82, 2.24) is 30.3 Å². The first-order valence-corrected chi connectivity index (χ1v) is 8.87. The van der Waals surface area contributed by atoms with Crippen LogP contribution in [0.2, 0.25) is 0 Å². The molecular formula is C16H15F3N6OS. The lowest BCUT2D eigenvalue weighted by atomic mass is 10.2. The summed E-state index contributed by atoms with van der Waals surface area (Å²) in [4.78, 5) is 20.4. The average Bonchev–Trinajstić information content (AvgIpc) is 3.30. The molecule has 1 amide bonds. The number of carbonyl (C=O) groups excluding carboxylic acids is 1. The van der Waals surface area contributed by atoms with Gasteiger partial charge in [-0.3, -0.25) is 4.79 Å². The number of hydrogen-bond acceptors (Lipinski definition) is 6. The number of aryl methyl sites for hydroxylation is 1. The van der Waals surface area contributed by atoms with Gasteiger partial charge in [-0.15, -0.1) is 16.4 Å². The molecule has 3 rings (SSSR count). The summed E-state index contributed by atoms with van der Waals surface area (Å²) in [6.07, 6.45) is -1.65. The van der Waals surface area contributed by atoms with E-state index in [2.05, 4.69) is 25.6 Å². The zero-order valence-electron chi connectivity index (χ0n) is 14.4. The van der Waals surface area contributed by atoms with Crippen molar-refractivity contribution in [3.05, 3.63) is 51.9 Å². The highest BCUT2D eigenvalue weighted by Gasteiger charge is 2.30. The Morgan fingerprint density at radius 2 is 2.15 bits per heavy atom. The number of aromatic nitrogens is 5. The number of amides is 1. The molecule has 0 saturated carbocycles. The minimum absolute atomic E-state index is 0.0227. The van der Waals surface area contributed by atoms with Crippen molar-refractivity contribution in [2.75, 3.05) is 0 Å². The van der Waals surface area contributed by atoms with Gasteiger partial charge in [-0.25, -0.2) is 14.6 Å². The quantitative estimate of drug-likeness (QED) is 0.716. The van der Waals surface area contributed by atoms with Gasteiger partial charge in [-0.1, -0.05) is 12.1 Å². The fraction of sp³-hybridized carbons (Fsp3) is 0.312. The topological polar surface area (TPSA) is 85.6 Å². The Morgan fingerprint density at radius 3 is 2.74 bits per heavy atom. The number of rotatable bonds is 5. The average molecular weight is 396 g/mol. The number of nitrogens with one attached hydrogen (secondary N) is 1. The van der Waals surface area contributed by atoms with E-state index in [1.807, 2.05) is 12.3 Å². The highest BCUT2D eigenvalue weighted by atomic mass is 32.1. The van der Waals surface area contributed by atoms with Crippen molar-refractivity contribution in [2.45, 2.75) is 32.5 Å². The summed E-state index contributed by atoms with van der Waals surface area (Å²) in [6.45, 7) is 3.80. The molecule has 3 aromatic rings. The van der Waals surface area contributed by atoms with Crippen LogP contribution in [-0.2, 0) is 12.6 Å². The smallest absolute Gasteiger partial charge is 0.342 e. The van der Waals surface area contributed by atoms with Gasteiger partial charge in [0.25, 0.3) is 5.91 Å². The van der Waals surface area contributed by atoms with Crippen molar-refractivity contribution in [1.29, 1.82) is 0 Å². The Bertz CT molecular complexity index is 934. The Balaban J connectivity index is 1.70. The van der Waals surface area contributed by atoms with Crippen LogP contribution in [0.3, 0.4) is 0 Å². The maximum Gasteiger partial charge on any atom is 0.417 e. The van der Waals surface area contributed by atoms with Gasteiger partial charge in [0.05, 0.1) is 28.5 Å². The molecule has 11 heteroatoms. The van der Waals surface area contributed by atoms with Crippen LogP contribution in [0.15, 0.2) is 29.9 Å². The third kappa shape index (κ3) is 4.30. The highest BCUT2D eigenvalue weighted by Crippen LogP contribution is 2.28. The molecule has 142 valence electrons. The molecule has 0 radical (unpaired) electrons. The number of halogens is 3. The van der Waals surface area contributed by atoms with Gasteiger partial charge in [0, 0.05) is 11.6 Å². The molecule has 27 heavy (non-hydrogen) atoms. The molecule has 0 aliphatic rings. The Labute approximate surface area is 156 Å². The standard InChI is InChI=1S/C16H15F3N6OS/c1-3-14-22-12(8-27-14)9(2)21-15(26)11-7-25(24-23-11)13-5-4-10(6-20-13)16(17,18)19/h4-9H,3H2,1-2H3,(H,21,26). The van der Waals surface area contributed by atoms with E-state index >= 15 is 0 Å². The van der Waals surface area contributed by atoms with E-state index in [1.165, 1.54) is 17.5 Å². The molecule has 3 aromatic heterocycles. The molecule has 1 unspecified atom stereocenters. The predicted molar refractivity (Wildman–Crippen MR) is 91.5 cm³/mol. The van der Waals surface area contributed by atoms with Crippen molar-refractivity contribution in [3.63, 3.8) is 0 Å². The van der Waals surface area contributed by atoms with Gasteiger partial charge < -0.3 is 5.32 Å². The first-order chi connectivity index (χ1) is 12.8. The summed E-state index contributed by atoms with van der Waals surface area (Å²) in [5, 5.41) is 13.1. The SMILES string of the molecule is CCc1nc(C(C)NC(=O)c2cn(-c3ccc(C(F)(F)F)cn3)nn2)cs1. The van der Waals surface area contributed by atoms with Crippen LogP contribution in [0.25, 0.3) is 5.82 Å². The molecule has 3 heterocycles. The molecule has 0 fully saturated rings. The second-order valence-corrected chi connectivity index (χ2v) is 6.61. The molecule has 0 spiro atoms. The van der Waals surface area contributed by atoms with Gasteiger partial charge in [-0.2, -0.15) is 13.2 Å². The van der Waals surface area contributed by atoms with Crippen LogP contribution in [0.1, 0.15) is 46.6 Å². The third-order valence-corrected chi connectivity index (χ3v) is 4.71. The van der Waals surface area contributed by atoms with E-state index in [-0.39, 0.29) is 17.6 Å². The number of nitrogens with zero attached hydrogens (tertiary/aromatic N) is 5. The van der Waals surface area contributed by atoms with Gasteiger partial charge in [-0.05, 0) is 25.5 Å². The lowest BCUT2D eigenvalue weighted by molar-refractivity contribution is -0.137. The van der Waals surface area contributed by atoms with Crippen LogP contribution in [-0.4, -0.2) is 30.9 Å². The molecule has 0 aromatic carbocycles. The molecule has 0 saturated heterocycles. The van der Waals surface area contributed by atoms with E-state index in [4.69, 9.17) is 0 Å². The summed E-state index contributed by atoms with van der Waals surface area (Å²) < 4.78 is 38.9. The molecule has 7 nitrogen and oxygen atoms in total. The minimum Gasteiger partial charge on any atom is -0.342 e. The minimum atomic E-state index is -4.47. The molecule has 0 bridgehead atoms. The zero-order chi connectivity index (χ0) is 19.6. The van der Waals surface area contributed by atoms with Crippen molar-refractivity contribution in [2.24, 2.45) is 0 Å². The number of carbonyl (C=O) groups is 1. The fourth-order valence-electron chi connectivity index (χ4n) is 2.20. The molecule has 1 N–H and O–H groups in total. The summed E-state index contributed by atoms with van der Waals surface area (Å²) in [6, 6.07) is 1.73. The molecule has 0 aliphatic carbocycles. The first-order valence-electron chi connectivity index (χ1n) is 7.99. The van der Waals surface area contributed by atoms with E-state index in [1.54, 1.807) is 6.92 Å². The summed E-state index contributed by atoms with van der Waals surface area (Å²) in [5.74, 6) is -0.346. The van der Waals surface area contributed by atoms with Crippen LogP contribution in [0, 0.1) is 0 Å². The van der Waals surface area contributed by atoms with Crippen molar-refractivity contribution >= 4 is 17.2 Å². The predicted octanol–water partition coefficient (Wildman–Crippen LogP) is 3.19. The van der Waals surface area contributed by atoms with Gasteiger partial charge in [0.1, 0.15) is 0 Å². The summed E-state index contributed by atoms with van der Waals surface area (Å²) in [5.41, 5.74) is -0.0932. The summed E-state index contributed by atoms with van der Waals surface area (Å²) in [7, 11) is 0. The number of pyridine rings is 1. The third-order valence-electron chi connectivity index (χ3n) is 3.70. The number of thiazole rings is 1. The van der Waals surface area contributed by atoms with E-state index in [0.29, 0.717) is 6.20 Å². The summed E-state index contributed by atoms with van der Waals surface area (Å²) >= 11 is 1.52. The van der Waals surface area contributed by atoms with Crippen LogP contribution >= 0.6 is 11.3 Å². The maximum absolute atomic E-state index is 12.6. The number of alkyl halides is 3. The lowest BCUT2D eigenvalue weighted by Gasteiger charge is -2.09. The van der Waals surface area contributed by atoms with Crippen LogP contribution in [0.4, 0.5) is 13.2 Å². The van der Waals surface area contributed by atoms with Gasteiger partial charge in [0.15, 0.2) is 11.5 Å². The Morgan fingerprint density at radius 1 is 1.37 bits per heavy atom. The zero-order valence-corrected chi connectivity index (χ0v) is 15.2. The second-order valence-electron chi connectivity index (χ2n) is 5.67. The number of hydrogen-bond donors (Lipinski definition) is 1. The molecule has 0 aliphatic heterocycles. The Kier molecular flexibility index (Phi) is 5.22. The normalized spacial score (nSPS) is 12.8. The van der Waals surface area contributed by atoms with Crippen molar-refractivity contribution in [3.8, 4) is 5.82 Å². The van der Waals surface area contributed by atoms with E-state index in [0.717, 1.165) is 33.9 Å². The van der Waals surface area contributed by atoms with E-state index < -0.39 is 17.6 Å². The van der Waals surface area contributed by atoms with Crippen LogP contribution < -0.4 is 5.32 Å². The fourth-order valence-corrected chi connectivity index (χ4v) is 3.04. The molecule has 1 atom stereocenters. The highest BCUT2D eigenvalue weighted by molar-refractivity contribution is 7.09. The Hall–Kier alpha value is -2.82. The second kappa shape index (κ2) is 7.43. The molecular weight excluding hydrogens is 381 g/mol. The van der Waals surface area contributed by atoms with Crippen LogP contribution in [0.5, 0.6) is 0 Å². The van der Waals surface area contributed by atoms with Gasteiger partial charge in [0.2, 0.25) is 0 Å².